The van der Waals surface area contributed by atoms with Crippen molar-refractivity contribution in [3.05, 3.63) is 35.4 Å². The lowest BCUT2D eigenvalue weighted by Gasteiger charge is -2.45. The summed E-state index contributed by atoms with van der Waals surface area (Å²) in [6.07, 6.45) is 3.07. The van der Waals surface area contributed by atoms with Crippen molar-refractivity contribution < 1.29 is 5.11 Å². The van der Waals surface area contributed by atoms with Gasteiger partial charge in [-0.2, -0.15) is 0 Å². The van der Waals surface area contributed by atoms with Crippen molar-refractivity contribution in [3.8, 4) is 0 Å². The molecule has 1 saturated carbocycles. The van der Waals surface area contributed by atoms with Crippen molar-refractivity contribution in [3.63, 3.8) is 0 Å². The summed E-state index contributed by atoms with van der Waals surface area (Å²) < 4.78 is 0. The second kappa shape index (κ2) is 4.13. The molecule has 1 aliphatic carbocycles. The Morgan fingerprint density at radius 2 is 1.71 bits per heavy atom. The molecule has 94 valence electrons. The van der Waals surface area contributed by atoms with Crippen LogP contribution in [0.3, 0.4) is 0 Å². The highest BCUT2D eigenvalue weighted by Crippen LogP contribution is 2.48. The molecule has 0 bridgehead atoms. The van der Waals surface area contributed by atoms with E-state index in [9.17, 15) is 5.11 Å². The Labute approximate surface area is 105 Å². The first-order chi connectivity index (χ1) is 7.83. The van der Waals surface area contributed by atoms with Crippen LogP contribution in [0, 0.1) is 18.3 Å². The summed E-state index contributed by atoms with van der Waals surface area (Å²) in [5.41, 5.74) is 2.09. The number of aryl methyl sites for hydroxylation is 1. The minimum atomic E-state index is -0.622. The van der Waals surface area contributed by atoms with Crippen LogP contribution in [-0.2, 0) is 5.60 Å². The lowest BCUT2D eigenvalue weighted by atomic mass is 9.63. The first-order valence-electron chi connectivity index (χ1n) is 6.63. The molecule has 2 rings (SSSR count). The smallest absolute Gasteiger partial charge is 0.0922 e. The zero-order valence-electron chi connectivity index (χ0n) is 11.5. The van der Waals surface area contributed by atoms with E-state index in [2.05, 4.69) is 52.0 Å². The van der Waals surface area contributed by atoms with Crippen molar-refractivity contribution in [2.75, 3.05) is 0 Å². The lowest BCUT2D eigenvalue weighted by Crippen LogP contribution is -2.41. The first kappa shape index (κ1) is 12.6. The van der Waals surface area contributed by atoms with Gasteiger partial charge in [0, 0.05) is 0 Å². The molecule has 1 aromatic carbocycles. The van der Waals surface area contributed by atoms with E-state index in [4.69, 9.17) is 0 Å². The molecular formula is C16H24O. The number of aliphatic hydroxyl groups is 1. The fourth-order valence-corrected chi connectivity index (χ4v) is 3.15. The Morgan fingerprint density at radius 1 is 1.12 bits per heavy atom. The predicted molar refractivity (Wildman–Crippen MR) is 71.9 cm³/mol. The summed E-state index contributed by atoms with van der Waals surface area (Å²) in [5, 5.41) is 10.9. The maximum absolute atomic E-state index is 10.9. The van der Waals surface area contributed by atoms with E-state index in [1.165, 1.54) is 5.56 Å². The number of benzene rings is 1. The van der Waals surface area contributed by atoms with Gasteiger partial charge in [-0.1, -0.05) is 50.6 Å². The van der Waals surface area contributed by atoms with Crippen LogP contribution in [0.25, 0.3) is 0 Å². The van der Waals surface area contributed by atoms with Crippen molar-refractivity contribution in [2.24, 2.45) is 11.3 Å². The number of hydrogen-bond donors (Lipinski definition) is 1. The van der Waals surface area contributed by atoms with Crippen molar-refractivity contribution in [1.82, 2.24) is 0 Å². The van der Waals surface area contributed by atoms with Gasteiger partial charge in [0.1, 0.15) is 0 Å². The zero-order chi connectivity index (χ0) is 12.7. The van der Waals surface area contributed by atoms with Crippen LogP contribution in [-0.4, -0.2) is 5.11 Å². The van der Waals surface area contributed by atoms with E-state index < -0.39 is 5.60 Å². The van der Waals surface area contributed by atoms with E-state index in [1.807, 2.05) is 0 Å². The van der Waals surface area contributed by atoms with E-state index in [0.29, 0.717) is 11.3 Å². The van der Waals surface area contributed by atoms with Gasteiger partial charge in [0.15, 0.2) is 0 Å². The quantitative estimate of drug-likeness (QED) is 0.775. The molecule has 2 atom stereocenters. The second-order valence-corrected chi connectivity index (χ2v) is 6.56. The minimum absolute atomic E-state index is 0.328. The third-order valence-electron chi connectivity index (χ3n) is 4.41. The van der Waals surface area contributed by atoms with E-state index in [1.54, 1.807) is 0 Å². The van der Waals surface area contributed by atoms with Crippen LogP contribution in [0.1, 0.15) is 51.2 Å². The first-order valence-corrected chi connectivity index (χ1v) is 6.63. The fraction of sp³-hybridized carbons (Fsp3) is 0.625. The van der Waals surface area contributed by atoms with Gasteiger partial charge < -0.3 is 5.11 Å². The van der Waals surface area contributed by atoms with Gasteiger partial charge in [-0.25, -0.2) is 0 Å². The topological polar surface area (TPSA) is 20.2 Å². The third kappa shape index (κ3) is 2.40. The molecule has 1 aliphatic rings. The average Bonchev–Trinajstić information content (AvgIpc) is 2.25. The van der Waals surface area contributed by atoms with Gasteiger partial charge in [-0.3, -0.25) is 0 Å². The predicted octanol–water partition coefficient (Wildman–Crippen LogP) is 4.03. The normalized spacial score (nSPS) is 32.4. The summed E-state index contributed by atoms with van der Waals surface area (Å²) in [6, 6.07) is 8.37. The molecule has 0 radical (unpaired) electrons. The van der Waals surface area contributed by atoms with Gasteiger partial charge in [-0.15, -0.1) is 0 Å². The summed E-state index contributed by atoms with van der Waals surface area (Å²) in [4.78, 5) is 0. The Bertz CT molecular complexity index is 390. The molecule has 0 aromatic heterocycles. The van der Waals surface area contributed by atoms with Crippen molar-refractivity contribution >= 4 is 0 Å². The molecular weight excluding hydrogens is 208 g/mol. The van der Waals surface area contributed by atoms with E-state index in [0.717, 1.165) is 24.8 Å². The van der Waals surface area contributed by atoms with Crippen LogP contribution in [0.4, 0.5) is 0 Å². The molecule has 0 saturated heterocycles. The molecule has 1 fully saturated rings. The molecule has 1 heteroatoms. The van der Waals surface area contributed by atoms with Crippen molar-refractivity contribution in [2.45, 2.75) is 52.6 Å². The molecule has 1 N–H and O–H groups in total. The highest BCUT2D eigenvalue weighted by molar-refractivity contribution is 5.27. The molecule has 1 nitrogen and oxygen atoms in total. The van der Waals surface area contributed by atoms with Crippen LogP contribution in [0.5, 0.6) is 0 Å². The summed E-state index contributed by atoms with van der Waals surface area (Å²) >= 11 is 0. The number of rotatable bonds is 1. The van der Waals surface area contributed by atoms with E-state index in [-0.39, 0.29) is 0 Å². The van der Waals surface area contributed by atoms with Crippen LogP contribution >= 0.6 is 0 Å². The maximum Gasteiger partial charge on any atom is 0.0922 e. The molecule has 2 unspecified atom stereocenters. The number of hydrogen-bond acceptors (Lipinski definition) is 1. The standard InChI is InChI=1S/C16H24O/c1-12-5-7-14(8-6-12)16(17)10-9-15(3,4)11-13(16)2/h5-8,13,17H,9-11H2,1-4H3. The highest BCUT2D eigenvalue weighted by atomic mass is 16.3. The zero-order valence-corrected chi connectivity index (χ0v) is 11.5. The second-order valence-electron chi connectivity index (χ2n) is 6.56. The fourth-order valence-electron chi connectivity index (χ4n) is 3.15. The van der Waals surface area contributed by atoms with Gasteiger partial charge in [0.05, 0.1) is 5.60 Å². The molecule has 17 heavy (non-hydrogen) atoms. The Kier molecular flexibility index (Phi) is 3.07. The van der Waals surface area contributed by atoms with E-state index >= 15 is 0 Å². The van der Waals surface area contributed by atoms with Crippen molar-refractivity contribution in [1.29, 1.82) is 0 Å². The Balaban J connectivity index is 2.28. The van der Waals surface area contributed by atoms with Crippen LogP contribution < -0.4 is 0 Å². The molecule has 0 spiro atoms. The summed E-state index contributed by atoms with van der Waals surface area (Å²) in [5.74, 6) is 0.328. The van der Waals surface area contributed by atoms with Crippen LogP contribution in [0.2, 0.25) is 0 Å². The van der Waals surface area contributed by atoms with Crippen LogP contribution in [0.15, 0.2) is 24.3 Å². The van der Waals surface area contributed by atoms with Gasteiger partial charge in [0.2, 0.25) is 0 Å². The van der Waals surface area contributed by atoms with Gasteiger partial charge in [0.25, 0.3) is 0 Å². The van der Waals surface area contributed by atoms with Gasteiger partial charge in [-0.05, 0) is 43.1 Å². The summed E-state index contributed by atoms with van der Waals surface area (Å²) in [6.45, 7) is 8.87. The van der Waals surface area contributed by atoms with Gasteiger partial charge >= 0.3 is 0 Å². The average molecular weight is 232 g/mol. The molecule has 0 aliphatic heterocycles. The minimum Gasteiger partial charge on any atom is -0.385 e. The molecule has 0 heterocycles. The molecule has 1 aromatic rings. The lowest BCUT2D eigenvalue weighted by molar-refractivity contribution is -0.0769. The summed E-state index contributed by atoms with van der Waals surface area (Å²) in [7, 11) is 0. The maximum atomic E-state index is 10.9. The Morgan fingerprint density at radius 3 is 2.24 bits per heavy atom. The largest absolute Gasteiger partial charge is 0.385 e. The SMILES string of the molecule is Cc1ccc(C2(O)CCC(C)(C)CC2C)cc1. The monoisotopic (exact) mass is 232 g/mol. The Hall–Kier alpha value is -0.820. The molecule has 0 amide bonds. The third-order valence-corrected chi connectivity index (χ3v) is 4.41. The highest BCUT2D eigenvalue weighted by Gasteiger charge is 2.43.